The molecule has 4 rings (SSSR count). The fourth-order valence-corrected chi connectivity index (χ4v) is 6.76. The fraction of sp³-hybridized carbons (Fsp3) is 0.278. The predicted molar refractivity (Wildman–Crippen MR) is 178 cm³/mol. The third-order valence-electron chi connectivity index (χ3n) is 5.80. The summed E-state index contributed by atoms with van der Waals surface area (Å²) in [6.45, 7) is 10.3. The molecule has 0 atom stereocenters. The molecule has 4 aromatic rings. The molecule has 4 aromatic carbocycles. The molecular formula is C36H38F2O9S2. The summed E-state index contributed by atoms with van der Waals surface area (Å²) in [7, 11) is -5.36. The summed E-state index contributed by atoms with van der Waals surface area (Å²) in [6, 6.07) is 27.3. The third-order valence-corrected chi connectivity index (χ3v) is 8.93. The highest BCUT2D eigenvalue weighted by molar-refractivity contribution is 7.97. The van der Waals surface area contributed by atoms with E-state index in [9.17, 15) is 31.3 Å². The molecule has 0 N–H and O–H groups in total. The second-order valence-electron chi connectivity index (χ2n) is 12.3. The first-order valence-electron chi connectivity index (χ1n) is 14.9. The molecule has 0 fully saturated rings. The van der Waals surface area contributed by atoms with Gasteiger partial charge in [0.25, 0.3) is 0 Å². The van der Waals surface area contributed by atoms with Gasteiger partial charge in [-0.3, -0.25) is 0 Å². The van der Waals surface area contributed by atoms with Crippen LogP contribution in [0.4, 0.5) is 8.78 Å². The standard InChI is InChI=1S/C30H35O6S.C6H4F2O3S/c1-29(2,3)35-27(31)20-33-22-17-18-26(25(19-22)34-21-28(32)36-30(4,5)6)37(23-13-9-7-10-14-23)24-15-11-8-12-16-24;7-4-1-2-6(5(8)3-4)12(9,10)11/h7-19H,20-21H2,1-6H3;1-3H,(H,9,10,11)/q+1;/p-1. The van der Waals surface area contributed by atoms with Crippen molar-refractivity contribution in [3.05, 3.63) is 109 Å². The Balaban J connectivity index is 0.000000456. The molecule has 0 aliphatic carbocycles. The van der Waals surface area contributed by atoms with Gasteiger partial charge < -0.3 is 23.5 Å². The molecule has 0 saturated carbocycles. The summed E-state index contributed by atoms with van der Waals surface area (Å²) in [5, 5.41) is 0. The van der Waals surface area contributed by atoms with E-state index in [0.717, 1.165) is 14.7 Å². The first-order valence-corrected chi connectivity index (χ1v) is 17.5. The Morgan fingerprint density at radius 3 is 1.63 bits per heavy atom. The molecule has 0 bridgehead atoms. The highest BCUT2D eigenvalue weighted by Gasteiger charge is 2.33. The van der Waals surface area contributed by atoms with Gasteiger partial charge in [-0.25, -0.2) is 26.8 Å². The molecule has 0 unspecified atom stereocenters. The number of hydrogen-bond acceptors (Lipinski definition) is 9. The quantitative estimate of drug-likeness (QED) is 0.0960. The Bertz CT molecular complexity index is 1780. The first kappa shape index (κ1) is 39.0. The van der Waals surface area contributed by atoms with Gasteiger partial charge in [0.15, 0.2) is 28.8 Å². The zero-order valence-corrected chi connectivity index (χ0v) is 29.5. The van der Waals surface area contributed by atoms with Crippen LogP contribution < -0.4 is 9.47 Å². The van der Waals surface area contributed by atoms with Crippen molar-refractivity contribution in [2.24, 2.45) is 0 Å². The Labute approximate surface area is 288 Å². The number of rotatable bonds is 10. The number of hydrogen-bond donors (Lipinski definition) is 0. The van der Waals surface area contributed by atoms with Crippen molar-refractivity contribution < 1.29 is 50.3 Å². The van der Waals surface area contributed by atoms with Crippen molar-refractivity contribution in [1.29, 1.82) is 0 Å². The monoisotopic (exact) mass is 716 g/mol. The molecule has 0 aliphatic rings. The summed E-state index contributed by atoms with van der Waals surface area (Å²) in [6.07, 6.45) is 0. The molecular weight excluding hydrogens is 679 g/mol. The van der Waals surface area contributed by atoms with Crippen molar-refractivity contribution in [2.75, 3.05) is 13.2 Å². The van der Waals surface area contributed by atoms with Crippen LogP contribution >= 0.6 is 0 Å². The van der Waals surface area contributed by atoms with Crippen LogP contribution in [0, 0.1) is 11.6 Å². The zero-order valence-electron chi connectivity index (χ0n) is 27.9. The second-order valence-corrected chi connectivity index (χ2v) is 15.7. The maximum atomic E-state index is 12.5. The van der Waals surface area contributed by atoms with Gasteiger partial charge in [-0.2, -0.15) is 0 Å². The van der Waals surface area contributed by atoms with E-state index in [1.807, 2.05) is 63.2 Å². The number of carbonyl (C=O) groups is 2. The molecule has 0 radical (unpaired) electrons. The highest BCUT2D eigenvalue weighted by atomic mass is 32.2. The largest absolute Gasteiger partial charge is 0.744 e. The van der Waals surface area contributed by atoms with E-state index in [2.05, 4.69) is 24.3 Å². The van der Waals surface area contributed by atoms with Crippen LogP contribution in [-0.2, 0) is 40.1 Å². The summed E-state index contributed by atoms with van der Waals surface area (Å²) >= 11 is 0. The van der Waals surface area contributed by atoms with Crippen LogP contribution in [0.15, 0.2) is 117 Å². The van der Waals surface area contributed by atoms with Crippen molar-refractivity contribution in [2.45, 2.75) is 72.3 Å². The number of benzene rings is 4. The molecule has 0 amide bonds. The predicted octanol–water partition coefficient (Wildman–Crippen LogP) is 7.09. The number of esters is 2. The van der Waals surface area contributed by atoms with Gasteiger partial charge in [0.2, 0.25) is 4.90 Å². The van der Waals surface area contributed by atoms with Crippen LogP contribution in [0.2, 0.25) is 0 Å². The van der Waals surface area contributed by atoms with E-state index in [1.54, 1.807) is 32.9 Å². The van der Waals surface area contributed by atoms with Gasteiger partial charge in [-0.15, -0.1) is 0 Å². The molecule has 0 spiro atoms. The topological polar surface area (TPSA) is 128 Å². The second kappa shape index (κ2) is 16.8. The third kappa shape index (κ3) is 13.2. The van der Waals surface area contributed by atoms with Gasteiger partial charge in [-0.1, -0.05) is 36.4 Å². The van der Waals surface area contributed by atoms with Crippen LogP contribution in [0.25, 0.3) is 0 Å². The highest BCUT2D eigenvalue weighted by Crippen LogP contribution is 2.38. The molecule has 13 heteroatoms. The summed E-state index contributed by atoms with van der Waals surface area (Å²) in [5.41, 5.74) is -1.23. The van der Waals surface area contributed by atoms with E-state index in [1.165, 1.54) is 0 Å². The van der Waals surface area contributed by atoms with Crippen molar-refractivity contribution >= 4 is 33.0 Å². The maximum absolute atomic E-state index is 12.5. The Kier molecular flexibility index (Phi) is 13.3. The van der Waals surface area contributed by atoms with Gasteiger partial charge in [-0.05, 0) is 84.0 Å². The van der Waals surface area contributed by atoms with Gasteiger partial charge >= 0.3 is 11.9 Å². The minimum absolute atomic E-state index is 0.245. The Morgan fingerprint density at radius 2 is 1.18 bits per heavy atom. The van der Waals surface area contributed by atoms with E-state index >= 15 is 0 Å². The Morgan fingerprint density at radius 1 is 0.694 bits per heavy atom. The van der Waals surface area contributed by atoms with Crippen LogP contribution in [-0.4, -0.2) is 49.3 Å². The first-order chi connectivity index (χ1) is 22.8. The lowest BCUT2D eigenvalue weighted by atomic mass is 10.2. The molecule has 0 aliphatic heterocycles. The van der Waals surface area contributed by atoms with E-state index in [-0.39, 0.29) is 13.2 Å². The average Bonchev–Trinajstić information content (AvgIpc) is 2.99. The van der Waals surface area contributed by atoms with E-state index in [4.69, 9.17) is 18.9 Å². The van der Waals surface area contributed by atoms with E-state index in [0.29, 0.717) is 29.7 Å². The zero-order chi connectivity index (χ0) is 36.4. The van der Waals surface area contributed by atoms with Gasteiger partial charge in [0.05, 0.1) is 4.90 Å². The molecule has 0 aromatic heterocycles. The lowest BCUT2D eigenvalue weighted by molar-refractivity contribution is -0.158. The number of ether oxygens (including phenoxy) is 4. The number of halogens is 2. The molecule has 49 heavy (non-hydrogen) atoms. The molecule has 0 saturated heterocycles. The summed E-state index contributed by atoms with van der Waals surface area (Å²) in [4.78, 5) is 26.7. The van der Waals surface area contributed by atoms with Crippen molar-refractivity contribution in [3.63, 3.8) is 0 Å². The lowest BCUT2D eigenvalue weighted by Gasteiger charge is -2.20. The van der Waals surface area contributed by atoms with Crippen molar-refractivity contribution in [1.82, 2.24) is 0 Å². The Hall–Kier alpha value is -4.46. The normalized spacial score (nSPS) is 11.6. The minimum atomic E-state index is -4.84. The maximum Gasteiger partial charge on any atom is 0.344 e. The van der Waals surface area contributed by atoms with Crippen LogP contribution in [0.1, 0.15) is 41.5 Å². The average molecular weight is 717 g/mol. The van der Waals surface area contributed by atoms with Crippen LogP contribution in [0.3, 0.4) is 0 Å². The van der Waals surface area contributed by atoms with Gasteiger partial charge in [0, 0.05) is 18.2 Å². The smallest absolute Gasteiger partial charge is 0.344 e. The van der Waals surface area contributed by atoms with Gasteiger partial charge in [0.1, 0.15) is 49.6 Å². The number of carbonyl (C=O) groups excluding carboxylic acids is 2. The van der Waals surface area contributed by atoms with Crippen LogP contribution in [0.5, 0.6) is 11.5 Å². The SMILES string of the molecule is CC(C)(C)OC(=O)COc1ccc([S+](c2ccccc2)c2ccccc2)c(OCC(=O)OC(C)(C)C)c1.O=S(=O)([O-])c1ccc(F)cc1F. The van der Waals surface area contributed by atoms with Crippen molar-refractivity contribution in [3.8, 4) is 11.5 Å². The fourth-order valence-electron chi connectivity index (χ4n) is 4.06. The molecule has 9 nitrogen and oxygen atoms in total. The summed E-state index contributed by atoms with van der Waals surface area (Å²) in [5.74, 6) is -2.34. The summed E-state index contributed by atoms with van der Waals surface area (Å²) < 4.78 is 78.0. The molecule has 262 valence electrons. The van der Waals surface area contributed by atoms with E-state index < -0.39 is 60.7 Å². The lowest BCUT2D eigenvalue weighted by Crippen LogP contribution is -2.27. The molecule has 0 heterocycles. The minimum Gasteiger partial charge on any atom is -0.744 e.